The van der Waals surface area contributed by atoms with E-state index in [1.54, 1.807) is 0 Å². The molecule has 1 atom stereocenters. The van der Waals surface area contributed by atoms with Gasteiger partial charge in [-0.25, -0.2) is 0 Å². The van der Waals surface area contributed by atoms with Crippen molar-refractivity contribution in [1.82, 2.24) is 0 Å². The number of unbranched alkanes of at least 4 members (excludes halogenated alkanes) is 43. The third-order valence-electron chi connectivity index (χ3n) is 15.9. The number of allylic oxidation sites excluding steroid dienone is 12. The van der Waals surface area contributed by atoms with E-state index in [2.05, 4.69) is 93.7 Å². The van der Waals surface area contributed by atoms with Crippen molar-refractivity contribution < 1.29 is 28.6 Å². The van der Waals surface area contributed by atoms with E-state index in [4.69, 9.17) is 14.2 Å². The molecule has 0 aromatic carbocycles. The molecule has 0 aliphatic heterocycles. The lowest BCUT2D eigenvalue weighted by atomic mass is 10.0. The van der Waals surface area contributed by atoms with Gasteiger partial charge in [-0.1, -0.05) is 318 Å². The molecule has 0 spiro atoms. The Morgan fingerprint density at radius 2 is 0.476 bits per heavy atom. The van der Waals surface area contributed by atoms with Gasteiger partial charge in [0.05, 0.1) is 0 Å². The Labute approximate surface area is 510 Å². The summed E-state index contributed by atoms with van der Waals surface area (Å²) in [6.07, 6.45) is 92.5. The van der Waals surface area contributed by atoms with E-state index >= 15 is 0 Å². The van der Waals surface area contributed by atoms with Crippen molar-refractivity contribution in [2.75, 3.05) is 13.2 Å². The number of hydrogen-bond donors (Lipinski definition) is 0. The van der Waals surface area contributed by atoms with Crippen LogP contribution in [0, 0.1) is 0 Å². The van der Waals surface area contributed by atoms with Crippen LogP contribution >= 0.6 is 0 Å². The molecule has 1 unspecified atom stereocenters. The molecule has 6 heteroatoms. The molecule has 0 aliphatic carbocycles. The van der Waals surface area contributed by atoms with Crippen LogP contribution in [0.25, 0.3) is 0 Å². The average molecular weight is 1150 g/mol. The van der Waals surface area contributed by atoms with E-state index < -0.39 is 6.10 Å². The van der Waals surface area contributed by atoms with Crippen LogP contribution in [0.5, 0.6) is 0 Å². The summed E-state index contributed by atoms with van der Waals surface area (Å²) in [6.45, 7) is 6.52. The molecule has 0 aromatic heterocycles. The summed E-state index contributed by atoms with van der Waals surface area (Å²) in [5.74, 6) is -0.925. The van der Waals surface area contributed by atoms with Gasteiger partial charge in [0.2, 0.25) is 0 Å². The molecule has 0 saturated carbocycles. The van der Waals surface area contributed by atoms with Crippen molar-refractivity contribution in [1.29, 1.82) is 0 Å². The largest absolute Gasteiger partial charge is 0.462 e. The minimum Gasteiger partial charge on any atom is -0.462 e. The summed E-state index contributed by atoms with van der Waals surface area (Å²) in [7, 11) is 0. The molecule has 0 amide bonds. The molecule has 0 aliphatic rings. The van der Waals surface area contributed by atoms with E-state index in [1.807, 2.05) is 0 Å². The zero-order valence-electron chi connectivity index (χ0n) is 54.8. The summed E-state index contributed by atoms with van der Waals surface area (Å²) in [6, 6.07) is 0. The molecule has 0 rings (SSSR count). The molecule has 0 saturated heterocycles. The van der Waals surface area contributed by atoms with Crippen molar-refractivity contribution in [3.05, 3.63) is 72.9 Å². The van der Waals surface area contributed by atoms with E-state index in [9.17, 15) is 14.4 Å². The summed E-state index contributed by atoms with van der Waals surface area (Å²) >= 11 is 0. The minimum atomic E-state index is -0.800. The van der Waals surface area contributed by atoms with Gasteiger partial charge in [0.1, 0.15) is 13.2 Å². The Balaban J connectivity index is 4.10. The quantitative estimate of drug-likeness (QED) is 0.0261. The lowest BCUT2D eigenvalue weighted by Gasteiger charge is -2.18. The van der Waals surface area contributed by atoms with Gasteiger partial charge >= 0.3 is 17.9 Å². The van der Waals surface area contributed by atoms with Crippen LogP contribution in [-0.2, 0) is 28.6 Å². The minimum absolute atomic E-state index is 0.0916. The highest BCUT2D eigenvalue weighted by molar-refractivity contribution is 5.71. The molecule has 0 aromatic rings. The lowest BCUT2D eigenvalue weighted by Crippen LogP contribution is -2.30. The third kappa shape index (κ3) is 67.6. The van der Waals surface area contributed by atoms with Crippen molar-refractivity contribution in [2.24, 2.45) is 0 Å². The maximum Gasteiger partial charge on any atom is 0.306 e. The standard InChI is InChI=1S/C76H136O6/c1-4-7-10-13-16-19-22-25-28-29-30-31-32-33-34-35-36-37-38-39-40-41-42-43-44-45-46-47-49-51-54-57-60-63-66-69-75(78)81-72-73(71-80-74(77)68-65-62-59-56-53-50-27-24-21-18-15-12-9-6-3)82-76(79)70-67-64-61-58-55-52-48-26-23-20-17-14-11-8-5-2/h8,11,17,20,24,26-27,29-30,48,55,58,73H,4-7,9-10,12-16,18-19,21-23,25,28,31-47,49-54,56-57,59-72H2,1-3H3/b11-8-,20-17-,27-24-,30-29-,48-26-,58-55-. The first-order valence-corrected chi connectivity index (χ1v) is 35.9. The van der Waals surface area contributed by atoms with Crippen LogP contribution in [0.3, 0.4) is 0 Å². The Morgan fingerprint density at radius 3 is 0.780 bits per heavy atom. The molecule has 82 heavy (non-hydrogen) atoms. The highest BCUT2D eigenvalue weighted by Gasteiger charge is 2.19. The van der Waals surface area contributed by atoms with Crippen LogP contribution < -0.4 is 0 Å². The van der Waals surface area contributed by atoms with Crippen molar-refractivity contribution in [3.8, 4) is 0 Å². The lowest BCUT2D eigenvalue weighted by molar-refractivity contribution is -0.167. The third-order valence-corrected chi connectivity index (χ3v) is 15.9. The van der Waals surface area contributed by atoms with Crippen LogP contribution in [0.1, 0.15) is 374 Å². The normalized spacial score (nSPS) is 12.5. The first kappa shape index (κ1) is 78.8. The number of rotatable bonds is 66. The van der Waals surface area contributed by atoms with E-state index in [0.29, 0.717) is 19.3 Å². The maximum absolute atomic E-state index is 12.9. The zero-order chi connectivity index (χ0) is 59.2. The smallest absolute Gasteiger partial charge is 0.306 e. The van der Waals surface area contributed by atoms with E-state index in [1.165, 1.54) is 244 Å². The van der Waals surface area contributed by atoms with Gasteiger partial charge in [0.25, 0.3) is 0 Å². The Hall–Kier alpha value is -3.15. The number of esters is 3. The molecule has 6 nitrogen and oxygen atoms in total. The number of ether oxygens (including phenoxy) is 3. The predicted octanol–water partition coefficient (Wildman–Crippen LogP) is 24.8. The van der Waals surface area contributed by atoms with E-state index in [-0.39, 0.29) is 37.5 Å². The SMILES string of the molecule is CC/C=C\C/C=C\C/C=C\C/C=C\CCCCC(=O)OC(COC(=O)CCCCCCC/C=C\CCCCCCC)COC(=O)CCCCCCCCCCCCCCCCCCCCCCCCC/C=C\CCCCCCCCCC. The van der Waals surface area contributed by atoms with Crippen LogP contribution in [0.2, 0.25) is 0 Å². The molecule has 0 radical (unpaired) electrons. The number of hydrogen-bond acceptors (Lipinski definition) is 6. The summed E-state index contributed by atoms with van der Waals surface area (Å²) in [4.78, 5) is 38.3. The van der Waals surface area contributed by atoms with Crippen LogP contribution in [0.15, 0.2) is 72.9 Å². The zero-order valence-corrected chi connectivity index (χ0v) is 54.8. The van der Waals surface area contributed by atoms with Crippen molar-refractivity contribution >= 4 is 17.9 Å². The monoisotopic (exact) mass is 1150 g/mol. The molecule has 0 heterocycles. The second-order valence-corrected chi connectivity index (χ2v) is 24.1. The topological polar surface area (TPSA) is 78.9 Å². The number of carbonyl (C=O) groups excluding carboxylic acids is 3. The number of carbonyl (C=O) groups is 3. The average Bonchev–Trinajstić information content (AvgIpc) is 3.47. The molecule has 476 valence electrons. The van der Waals surface area contributed by atoms with Gasteiger partial charge < -0.3 is 14.2 Å². The van der Waals surface area contributed by atoms with Gasteiger partial charge in [-0.15, -0.1) is 0 Å². The van der Waals surface area contributed by atoms with Crippen molar-refractivity contribution in [2.45, 2.75) is 380 Å². The van der Waals surface area contributed by atoms with Gasteiger partial charge in [-0.2, -0.15) is 0 Å². The summed E-state index contributed by atoms with van der Waals surface area (Å²) in [5.41, 5.74) is 0. The Morgan fingerprint density at radius 1 is 0.256 bits per heavy atom. The van der Waals surface area contributed by atoms with Crippen LogP contribution in [0.4, 0.5) is 0 Å². The first-order chi connectivity index (χ1) is 40.5. The molecule has 0 N–H and O–H groups in total. The van der Waals surface area contributed by atoms with Gasteiger partial charge in [-0.05, 0) is 109 Å². The van der Waals surface area contributed by atoms with Crippen molar-refractivity contribution in [3.63, 3.8) is 0 Å². The first-order valence-electron chi connectivity index (χ1n) is 35.9. The highest BCUT2D eigenvalue weighted by Crippen LogP contribution is 2.18. The molecular weight excluding hydrogens is 1010 g/mol. The fourth-order valence-electron chi connectivity index (χ4n) is 10.5. The van der Waals surface area contributed by atoms with Gasteiger partial charge in [-0.3, -0.25) is 14.4 Å². The fraction of sp³-hybridized carbons (Fsp3) is 0.803. The highest BCUT2D eigenvalue weighted by atomic mass is 16.6. The van der Waals surface area contributed by atoms with Gasteiger partial charge in [0, 0.05) is 19.3 Å². The second-order valence-electron chi connectivity index (χ2n) is 24.1. The summed E-state index contributed by atoms with van der Waals surface area (Å²) in [5, 5.41) is 0. The molecular formula is C76H136O6. The Bertz CT molecular complexity index is 1500. The summed E-state index contributed by atoms with van der Waals surface area (Å²) < 4.78 is 16.9. The predicted molar refractivity (Wildman–Crippen MR) is 358 cm³/mol. The maximum atomic E-state index is 12.9. The molecule has 0 fully saturated rings. The Kier molecular flexibility index (Phi) is 67.6. The van der Waals surface area contributed by atoms with E-state index in [0.717, 1.165) is 83.5 Å². The van der Waals surface area contributed by atoms with Crippen LogP contribution in [-0.4, -0.2) is 37.2 Å². The fourth-order valence-corrected chi connectivity index (χ4v) is 10.5. The van der Waals surface area contributed by atoms with Gasteiger partial charge in [0.15, 0.2) is 6.10 Å². The second kappa shape index (κ2) is 70.3. The molecule has 0 bridgehead atoms.